The van der Waals surface area contributed by atoms with Gasteiger partial charge in [-0.3, -0.25) is 9.52 Å². The molecule has 0 saturated heterocycles. The van der Waals surface area contributed by atoms with Crippen LogP contribution in [-0.2, 0) is 14.3 Å². The normalized spacial score (nSPS) is 13.2. The van der Waals surface area contributed by atoms with Crippen molar-refractivity contribution in [3.05, 3.63) is 0 Å². The molecule has 0 unspecified atom stereocenters. The minimum absolute atomic E-state index is 0.0446. The molecule has 1 rings (SSSR count). The van der Waals surface area contributed by atoms with Crippen molar-refractivity contribution >= 4 is 24.2 Å². The molecule has 0 spiro atoms. The predicted molar refractivity (Wildman–Crippen MR) is 202 cm³/mol. The fourth-order valence-electron chi connectivity index (χ4n) is 6.28. The molecule has 5 nitrogen and oxygen atoms in total. The zero-order chi connectivity index (χ0) is 33.2. The number of nitrogens with one attached hydrogen (secondary N) is 1. The highest BCUT2D eigenvalue weighted by molar-refractivity contribution is 7.97. The summed E-state index contributed by atoms with van der Waals surface area (Å²) in [7, 11) is 0. The van der Waals surface area contributed by atoms with Crippen LogP contribution in [0.5, 0.6) is 0 Å². The Balaban J connectivity index is 2.22. The summed E-state index contributed by atoms with van der Waals surface area (Å²) in [5.41, 5.74) is 0. The van der Waals surface area contributed by atoms with E-state index in [1.165, 1.54) is 167 Å². The van der Waals surface area contributed by atoms with Crippen LogP contribution in [-0.4, -0.2) is 55.2 Å². The van der Waals surface area contributed by atoms with E-state index in [0.29, 0.717) is 6.42 Å². The van der Waals surface area contributed by atoms with Gasteiger partial charge in [0.1, 0.15) is 12.4 Å². The minimum Gasteiger partial charge on any atom is -0.462 e. The summed E-state index contributed by atoms with van der Waals surface area (Å²) in [4.78, 5) is 25.9. The summed E-state index contributed by atoms with van der Waals surface area (Å²) < 4.78 is 9.63. The third-order valence-electron chi connectivity index (χ3n) is 9.58. The number of rotatable bonds is 38. The van der Waals surface area contributed by atoms with Gasteiger partial charge in [-0.2, -0.15) is 0 Å². The smallest absolute Gasteiger partial charge is 0.306 e. The van der Waals surface area contributed by atoms with E-state index < -0.39 is 0 Å². The van der Waals surface area contributed by atoms with Gasteiger partial charge in [0.2, 0.25) is 0 Å². The van der Waals surface area contributed by atoms with Gasteiger partial charge in [-0.15, -0.1) is 0 Å². The maximum absolute atomic E-state index is 12.7. The van der Waals surface area contributed by atoms with Gasteiger partial charge in [0.05, 0.1) is 0 Å². The van der Waals surface area contributed by atoms with Gasteiger partial charge >= 0.3 is 5.97 Å². The summed E-state index contributed by atoms with van der Waals surface area (Å²) in [5, 5.41) is 0. The minimum atomic E-state index is 0.0446. The molecule has 46 heavy (non-hydrogen) atoms. The average molecular weight is 667 g/mol. The van der Waals surface area contributed by atoms with E-state index in [9.17, 15) is 9.59 Å². The van der Waals surface area contributed by atoms with Gasteiger partial charge in [0.15, 0.2) is 0 Å². The number of unbranched alkanes of at least 4 members (excludes halogenated alkanes) is 19. The van der Waals surface area contributed by atoms with Gasteiger partial charge in [0, 0.05) is 25.1 Å². The number of carbonyl (C=O) groups excluding carboxylic acids is 2. The zero-order valence-electron chi connectivity index (χ0n) is 30.9. The van der Waals surface area contributed by atoms with Crippen molar-refractivity contribution in [2.75, 3.05) is 31.9 Å². The molecule has 1 aliphatic rings. The van der Waals surface area contributed by atoms with E-state index >= 15 is 0 Å². The third-order valence-corrected chi connectivity index (χ3v) is 10.6. The Labute approximate surface area is 291 Å². The zero-order valence-corrected chi connectivity index (χ0v) is 31.7. The van der Waals surface area contributed by atoms with Crippen molar-refractivity contribution in [1.29, 1.82) is 0 Å². The molecule has 0 radical (unpaired) electrons. The second kappa shape index (κ2) is 34.3. The van der Waals surface area contributed by atoms with Gasteiger partial charge in [-0.25, -0.2) is 0 Å². The lowest BCUT2D eigenvalue weighted by Crippen LogP contribution is -2.29. The molecule has 1 saturated carbocycles. The molecule has 0 aromatic carbocycles. The number of nitrogens with zero attached hydrogens (tertiary/aromatic N) is 1. The number of hydrogen-bond acceptors (Lipinski definition) is 6. The lowest BCUT2D eigenvalue weighted by atomic mass is 10.0. The predicted octanol–water partition coefficient (Wildman–Crippen LogP) is 11.6. The Bertz CT molecular complexity index is 644. The molecule has 272 valence electrons. The quantitative estimate of drug-likeness (QED) is 0.0306. The third kappa shape index (κ3) is 30.7. The van der Waals surface area contributed by atoms with Crippen LogP contribution >= 0.6 is 11.9 Å². The van der Waals surface area contributed by atoms with E-state index in [1.807, 2.05) is 11.9 Å². The summed E-state index contributed by atoms with van der Waals surface area (Å²) in [6, 6.07) is 0. The van der Waals surface area contributed by atoms with Crippen molar-refractivity contribution in [1.82, 2.24) is 9.62 Å². The molecule has 1 fully saturated rings. The monoisotopic (exact) mass is 667 g/mol. The Kier molecular flexibility index (Phi) is 32.4. The lowest BCUT2D eigenvalue weighted by molar-refractivity contribution is -0.150. The molecular formula is C40H78N2O3S. The molecule has 1 N–H and O–H groups in total. The summed E-state index contributed by atoms with van der Waals surface area (Å²) in [5.74, 6) is 2.31. The maximum Gasteiger partial charge on any atom is 0.306 e. The van der Waals surface area contributed by atoms with Gasteiger partial charge < -0.3 is 14.4 Å². The number of aldehydes is 1. The first-order chi connectivity index (χ1) is 22.7. The lowest BCUT2D eigenvalue weighted by Gasteiger charge is -2.22. The molecule has 0 aliphatic heterocycles. The van der Waals surface area contributed by atoms with Crippen LogP contribution in [0.4, 0.5) is 0 Å². The standard InChI is InChI=1S/C40H78N2O3S/c1-3-5-7-9-14-20-27-39(28-21-15-10-8-6-4-2)45-40(44)29-22-16-13-18-24-34-42(33-23-17-11-12-19-25-36-43)35-26-32-41-46-37-38-30-31-38/h36,38-39,41H,3-35,37H2,1-2H3. The highest BCUT2D eigenvalue weighted by Crippen LogP contribution is 2.31. The van der Waals surface area contributed by atoms with Crippen LogP contribution in [0.2, 0.25) is 0 Å². The number of ether oxygens (including phenoxy) is 1. The van der Waals surface area contributed by atoms with Gasteiger partial charge in [0.25, 0.3) is 0 Å². The van der Waals surface area contributed by atoms with Crippen LogP contribution in [0, 0.1) is 5.92 Å². The molecule has 0 aromatic rings. The SMILES string of the molecule is CCCCCCCCC(CCCCCCCC)OC(=O)CCCCCCCN(CCCCCCCC=O)CCCNSCC1CC1. The number of carbonyl (C=O) groups is 2. The Morgan fingerprint density at radius 3 is 1.76 bits per heavy atom. The largest absolute Gasteiger partial charge is 0.462 e. The van der Waals surface area contributed by atoms with Crippen LogP contribution in [0.15, 0.2) is 0 Å². The molecule has 0 bridgehead atoms. The molecule has 0 aromatic heterocycles. The van der Waals surface area contributed by atoms with E-state index in [-0.39, 0.29) is 12.1 Å². The fourth-order valence-corrected chi connectivity index (χ4v) is 7.26. The molecule has 0 heterocycles. The second-order valence-corrected chi connectivity index (χ2v) is 15.2. The van der Waals surface area contributed by atoms with Crippen LogP contribution in [0.25, 0.3) is 0 Å². The topological polar surface area (TPSA) is 58.6 Å². The van der Waals surface area contributed by atoms with Crippen LogP contribution in [0.1, 0.15) is 200 Å². The molecular weight excluding hydrogens is 589 g/mol. The summed E-state index contributed by atoms with van der Waals surface area (Å²) in [6.45, 7) is 9.23. The number of hydrogen-bond donors (Lipinski definition) is 1. The molecule has 0 amide bonds. The Hall–Kier alpha value is -0.590. The number of esters is 1. The van der Waals surface area contributed by atoms with Crippen molar-refractivity contribution in [2.45, 2.75) is 206 Å². The Morgan fingerprint density at radius 1 is 0.696 bits per heavy atom. The van der Waals surface area contributed by atoms with Gasteiger partial charge in [-0.1, -0.05) is 129 Å². The van der Waals surface area contributed by atoms with E-state index in [1.54, 1.807) is 0 Å². The first-order valence-electron chi connectivity index (χ1n) is 20.4. The van der Waals surface area contributed by atoms with E-state index in [2.05, 4.69) is 23.5 Å². The van der Waals surface area contributed by atoms with Crippen molar-refractivity contribution in [3.8, 4) is 0 Å². The molecule has 1 aliphatic carbocycles. The first-order valence-corrected chi connectivity index (χ1v) is 21.4. The highest BCUT2D eigenvalue weighted by Gasteiger charge is 2.20. The summed E-state index contributed by atoms with van der Waals surface area (Å²) in [6.07, 6.45) is 36.1. The van der Waals surface area contributed by atoms with E-state index in [4.69, 9.17) is 4.74 Å². The van der Waals surface area contributed by atoms with Crippen molar-refractivity contribution in [3.63, 3.8) is 0 Å². The first kappa shape index (κ1) is 43.4. The van der Waals surface area contributed by atoms with Crippen LogP contribution in [0.3, 0.4) is 0 Å². The highest BCUT2D eigenvalue weighted by atomic mass is 32.2. The van der Waals surface area contributed by atoms with Crippen molar-refractivity contribution < 1.29 is 14.3 Å². The van der Waals surface area contributed by atoms with Crippen molar-refractivity contribution in [2.24, 2.45) is 5.92 Å². The Morgan fingerprint density at radius 2 is 1.20 bits per heavy atom. The molecule has 0 atom stereocenters. The maximum atomic E-state index is 12.7. The average Bonchev–Trinajstić information content (AvgIpc) is 3.89. The van der Waals surface area contributed by atoms with Crippen LogP contribution < -0.4 is 4.72 Å². The summed E-state index contributed by atoms with van der Waals surface area (Å²) >= 11 is 1.93. The second-order valence-electron chi connectivity index (χ2n) is 14.3. The molecule has 6 heteroatoms. The van der Waals surface area contributed by atoms with E-state index in [0.717, 1.165) is 57.3 Å². The van der Waals surface area contributed by atoms with Gasteiger partial charge in [-0.05, 0) is 96.2 Å². The fraction of sp³-hybridized carbons (Fsp3) is 0.950.